The molecule has 1 aromatic heterocycles. The third kappa shape index (κ3) is 3.21. The molecule has 3 rings (SSSR count). The van der Waals surface area contributed by atoms with Crippen molar-refractivity contribution in [3.8, 4) is 0 Å². The van der Waals surface area contributed by atoms with Crippen molar-refractivity contribution in [2.45, 2.75) is 63.5 Å². The van der Waals surface area contributed by atoms with Gasteiger partial charge in [0.1, 0.15) is 12.0 Å². The van der Waals surface area contributed by atoms with Crippen LogP contribution in [0.25, 0.3) is 0 Å². The molecule has 0 radical (unpaired) electrons. The summed E-state index contributed by atoms with van der Waals surface area (Å²) in [6, 6.07) is 2.10. The average Bonchev–Trinajstić information content (AvgIpc) is 2.48. The molecule has 1 unspecified atom stereocenters. The largest absolute Gasteiger partial charge is 0.375 e. The molecule has 0 bridgehead atoms. The highest BCUT2D eigenvalue weighted by atomic mass is 16.6. The van der Waals surface area contributed by atoms with Gasteiger partial charge in [0, 0.05) is 18.2 Å². The lowest BCUT2D eigenvalue weighted by Crippen LogP contribution is -2.45. The Hall–Kier alpha value is -1.69. The third-order valence-electron chi connectivity index (χ3n) is 4.89. The molecule has 6 heteroatoms. The second kappa shape index (κ2) is 6.20. The zero-order valence-corrected chi connectivity index (χ0v) is 13.0. The van der Waals surface area contributed by atoms with Crippen LogP contribution < -0.4 is 5.32 Å². The topological polar surface area (TPSA) is 77.3 Å². The predicted molar refractivity (Wildman–Crippen MR) is 84.0 cm³/mol. The lowest BCUT2D eigenvalue weighted by Gasteiger charge is -2.43. The number of nitrogens with zero attached hydrogens (tertiary/aromatic N) is 2. The van der Waals surface area contributed by atoms with Gasteiger partial charge < -0.3 is 10.1 Å². The molecule has 2 aliphatic rings. The van der Waals surface area contributed by atoms with Crippen LogP contribution in [-0.4, -0.2) is 28.2 Å². The zero-order valence-electron chi connectivity index (χ0n) is 13.0. The molecule has 2 fully saturated rings. The number of nitro groups is 1. The number of hydrogen-bond acceptors (Lipinski definition) is 5. The number of pyridine rings is 1. The smallest absolute Gasteiger partial charge is 0.290 e. The molecule has 1 aromatic rings. The first-order valence-electron chi connectivity index (χ1n) is 8.10. The van der Waals surface area contributed by atoms with Gasteiger partial charge in [0.05, 0.1) is 10.5 Å². The standard InChI is InChI=1S/C16H23N3O3/c1-12-9-15(17-11-14(12)19(20)21)18-13-5-8-22-16(10-13)6-3-2-4-7-16/h9,11,13H,2-8,10H2,1H3,(H,17,18). The van der Waals surface area contributed by atoms with Crippen LogP contribution in [0.2, 0.25) is 0 Å². The van der Waals surface area contributed by atoms with Gasteiger partial charge in [-0.05, 0) is 38.7 Å². The Labute approximate surface area is 130 Å². The van der Waals surface area contributed by atoms with E-state index < -0.39 is 4.92 Å². The summed E-state index contributed by atoms with van der Waals surface area (Å²) in [7, 11) is 0. The Kier molecular flexibility index (Phi) is 4.29. The molecule has 120 valence electrons. The Balaban J connectivity index is 1.67. The van der Waals surface area contributed by atoms with Gasteiger partial charge in [-0.15, -0.1) is 0 Å². The van der Waals surface area contributed by atoms with E-state index in [1.165, 1.54) is 25.5 Å². The van der Waals surface area contributed by atoms with Crippen LogP contribution in [-0.2, 0) is 4.74 Å². The monoisotopic (exact) mass is 305 g/mol. The van der Waals surface area contributed by atoms with Gasteiger partial charge in [-0.25, -0.2) is 4.98 Å². The molecule has 0 aromatic carbocycles. The summed E-state index contributed by atoms with van der Waals surface area (Å²) >= 11 is 0. The molecule has 0 amide bonds. The van der Waals surface area contributed by atoms with E-state index in [2.05, 4.69) is 10.3 Å². The Bertz CT molecular complexity index is 550. The van der Waals surface area contributed by atoms with Crippen LogP contribution in [0.5, 0.6) is 0 Å². The maximum Gasteiger partial charge on any atom is 0.290 e. The van der Waals surface area contributed by atoms with Crippen molar-refractivity contribution in [2.24, 2.45) is 0 Å². The lowest BCUT2D eigenvalue weighted by molar-refractivity contribution is -0.385. The molecular weight excluding hydrogens is 282 g/mol. The predicted octanol–water partition coefficient (Wildman–Crippen LogP) is 3.59. The first-order valence-corrected chi connectivity index (χ1v) is 8.10. The molecular formula is C16H23N3O3. The summed E-state index contributed by atoms with van der Waals surface area (Å²) in [6.45, 7) is 2.53. The van der Waals surface area contributed by atoms with Gasteiger partial charge in [0.25, 0.3) is 5.69 Å². The van der Waals surface area contributed by atoms with E-state index >= 15 is 0 Å². The first-order chi connectivity index (χ1) is 10.6. The van der Waals surface area contributed by atoms with E-state index in [0.29, 0.717) is 11.6 Å². The van der Waals surface area contributed by atoms with Crippen LogP contribution >= 0.6 is 0 Å². The van der Waals surface area contributed by atoms with E-state index in [-0.39, 0.29) is 11.3 Å². The maximum absolute atomic E-state index is 10.9. The molecule has 1 spiro atoms. The normalized spacial score (nSPS) is 24.1. The Morgan fingerprint density at radius 1 is 1.41 bits per heavy atom. The van der Waals surface area contributed by atoms with E-state index in [1.807, 2.05) is 0 Å². The quantitative estimate of drug-likeness (QED) is 0.682. The second-order valence-electron chi connectivity index (χ2n) is 6.54. The van der Waals surface area contributed by atoms with Gasteiger partial charge in [-0.2, -0.15) is 0 Å². The molecule has 1 N–H and O–H groups in total. The van der Waals surface area contributed by atoms with E-state index in [4.69, 9.17) is 4.74 Å². The Morgan fingerprint density at radius 2 is 2.18 bits per heavy atom. The fourth-order valence-electron chi connectivity index (χ4n) is 3.72. The van der Waals surface area contributed by atoms with Crippen LogP contribution in [0.15, 0.2) is 12.3 Å². The molecule has 6 nitrogen and oxygen atoms in total. The summed E-state index contributed by atoms with van der Waals surface area (Å²) in [4.78, 5) is 14.7. The van der Waals surface area contributed by atoms with Crippen molar-refractivity contribution in [2.75, 3.05) is 11.9 Å². The molecule has 1 aliphatic heterocycles. The fourth-order valence-corrected chi connectivity index (χ4v) is 3.72. The summed E-state index contributed by atoms with van der Waals surface area (Å²) in [5.41, 5.74) is 0.757. The second-order valence-corrected chi connectivity index (χ2v) is 6.54. The summed E-state index contributed by atoms with van der Waals surface area (Å²) in [5.74, 6) is 0.723. The number of anilines is 1. The van der Waals surface area contributed by atoms with Gasteiger partial charge in [0.2, 0.25) is 0 Å². The van der Waals surface area contributed by atoms with Gasteiger partial charge in [-0.1, -0.05) is 19.3 Å². The van der Waals surface area contributed by atoms with E-state index in [9.17, 15) is 10.1 Å². The number of nitrogens with one attached hydrogen (secondary N) is 1. The highest BCUT2D eigenvalue weighted by Crippen LogP contribution is 2.39. The van der Waals surface area contributed by atoms with Crippen LogP contribution in [0.1, 0.15) is 50.5 Å². The molecule has 1 saturated carbocycles. The van der Waals surface area contributed by atoms with E-state index in [1.54, 1.807) is 13.0 Å². The van der Waals surface area contributed by atoms with Crippen molar-refractivity contribution < 1.29 is 9.66 Å². The van der Waals surface area contributed by atoms with Crippen LogP contribution in [0, 0.1) is 17.0 Å². The van der Waals surface area contributed by atoms with Crippen molar-refractivity contribution in [3.63, 3.8) is 0 Å². The average molecular weight is 305 g/mol. The highest BCUT2D eigenvalue weighted by Gasteiger charge is 2.38. The van der Waals surface area contributed by atoms with Crippen molar-refractivity contribution in [3.05, 3.63) is 27.9 Å². The minimum Gasteiger partial charge on any atom is -0.375 e. The van der Waals surface area contributed by atoms with Gasteiger partial charge in [0.15, 0.2) is 0 Å². The lowest BCUT2D eigenvalue weighted by atomic mass is 9.78. The number of aromatic nitrogens is 1. The summed E-state index contributed by atoms with van der Waals surface area (Å²) in [5, 5.41) is 14.3. The number of aryl methyl sites for hydroxylation is 1. The molecule has 1 aliphatic carbocycles. The number of ether oxygens (including phenoxy) is 1. The highest BCUT2D eigenvalue weighted by molar-refractivity contribution is 5.47. The van der Waals surface area contributed by atoms with Crippen LogP contribution in [0.4, 0.5) is 11.5 Å². The van der Waals surface area contributed by atoms with Crippen molar-refractivity contribution in [1.29, 1.82) is 0 Å². The molecule has 1 atom stereocenters. The zero-order chi connectivity index (χ0) is 15.6. The van der Waals surface area contributed by atoms with Crippen LogP contribution in [0.3, 0.4) is 0 Å². The summed E-state index contributed by atoms with van der Waals surface area (Å²) < 4.78 is 6.10. The number of rotatable bonds is 3. The maximum atomic E-state index is 10.9. The number of hydrogen-bond donors (Lipinski definition) is 1. The van der Waals surface area contributed by atoms with Crippen molar-refractivity contribution in [1.82, 2.24) is 4.98 Å². The first kappa shape index (κ1) is 15.2. The minimum absolute atomic E-state index is 0.0456. The molecule has 22 heavy (non-hydrogen) atoms. The summed E-state index contributed by atoms with van der Waals surface area (Å²) in [6.07, 6.45) is 9.42. The molecule has 1 saturated heterocycles. The third-order valence-corrected chi connectivity index (χ3v) is 4.89. The van der Waals surface area contributed by atoms with E-state index in [0.717, 1.165) is 38.1 Å². The van der Waals surface area contributed by atoms with Gasteiger partial charge in [-0.3, -0.25) is 10.1 Å². The van der Waals surface area contributed by atoms with Crippen molar-refractivity contribution >= 4 is 11.5 Å². The molecule has 2 heterocycles. The SMILES string of the molecule is Cc1cc(NC2CCOC3(CCCCC3)C2)ncc1[N+](=O)[O-]. The fraction of sp³-hybridized carbons (Fsp3) is 0.688. The minimum atomic E-state index is -0.391. The Morgan fingerprint density at radius 3 is 2.86 bits per heavy atom. The van der Waals surface area contributed by atoms with Gasteiger partial charge >= 0.3 is 0 Å².